The van der Waals surface area contributed by atoms with E-state index in [2.05, 4.69) is 24.0 Å². The SMILES string of the molecule is CC(C1CCC1)N1CC(N)CC(c2ccc(Cl)cc2)C1. The summed E-state index contributed by atoms with van der Waals surface area (Å²) in [4.78, 5) is 2.62. The minimum absolute atomic E-state index is 0.298. The topological polar surface area (TPSA) is 29.3 Å². The second-order valence-corrected chi connectivity index (χ2v) is 7.07. The van der Waals surface area contributed by atoms with Crippen molar-refractivity contribution in [3.8, 4) is 0 Å². The maximum atomic E-state index is 6.31. The number of likely N-dealkylation sites (tertiary alicyclic amines) is 1. The smallest absolute Gasteiger partial charge is 0.0406 e. The highest BCUT2D eigenvalue weighted by Crippen LogP contribution is 2.35. The lowest BCUT2D eigenvalue weighted by molar-refractivity contribution is 0.0738. The average molecular weight is 293 g/mol. The molecule has 2 N–H and O–H groups in total. The van der Waals surface area contributed by atoms with Crippen LogP contribution >= 0.6 is 11.6 Å². The molecule has 3 rings (SSSR count). The largest absolute Gasteiger partial charge is 0.327 e. The average Bonchev–Trinajstić information content (AvgIpc) is 2.36. The van der Waals surface area contributed by atoms with Crippen LogP contribution in [0.4, 0.5) is 0 Å². The number of nitrogens with zero attached hydrogens (tertiary/aromatic N) is 1. The summed E-state index contributed by atoms with van der Waals surface area (Å²) in [6.45, 7) is 4.59. The third-order valence-corrected chi connectivity index (χ3v) is 5.51. The molecule has 1 aromatic carbocycles. The summed E-state index contributed by atoms with van der Waals surface area (Å²) in [7, 11) is 0. The normalized spacial score (nSPS) is 29.9. The van der Waals surface area contributed by atoms with Gasteiger partial charge in [0.1, 0.15) is 0 Å². The van der Waals surface area contributed by atoms with Crippen LogP contribution in [0.5, 0.6) is 0 Å². The van der Waals surface area contributed by atoms with Gasteiger partial charge < -0.3 is 5.73 Å². The van der Waals surface area contributed by atoms with Gasteiger partial charge in [0, 0.05) is 30.2 Å². The van der Waals surface area contributed by atoms with E-state index in [1.54, 1.807) is 0 Å². The predicted octanol–water partition coefficient (Wildman–Crippen LogP) is 3.65. The number of hydrogen-bond donors (Lipinski definition) is 1. The summed E-state index contributed by atoms with van der Waals surface area (Å²) >= 11 is 5.99. The first kappa shape index (κ1) is 14.4. The first-order valence-corrected chi connectivity index (χ1v) is 8.26. The Labute approximate surface area is 127 Å². The zero-order valence-corrected chi connectivity index (χ0v) is 13.0. The number of halogens is 1. The Morgan fingerprint density at radius 1 is 1.20 bits per heavy atom. The Bertz CT molecular complexity index is 441. The van der Waals surface area contributed by atoms with E-state index in [1.165, 1.54) is 24.8 Å². The summed E-state index contributed by atoms with van der Waals surface area (Å²) in [5.41, 5.74) is 7.70. The van der Waals surface area contributed by atoms with Crippen molar-refractivity contribution < 1.29 is 0 Å². The molecule has 20 heavy (non-hydrogen) atoms. The molecule has 1 aliphatic carbocycles. The van der Waals surface area contributed by atoms with Crippen LogP contribution in [0.1, 0.15) is 44.1 Å². The zero-order chi connectivity index (χ0) is 14.1. The second-order valence-electron chi connectivity index (χ2n) is 6.63. The van der Waals surface area contributed by atoms with E-state index in [0.29, 0.717) is 18.0 Å². The molecule has 2 nitrogen and oxygen atoms in total. The van der Waals surface area contributed by atoms with Crippen LogP contribution in [0, 0.1) is 5.92 Å². The van der Waals surface area contributed by atoms with Gasteiger partial charge >= 0.3 is 0 Å². The summed E-state index contributed by atoms with van der Waals surface area (Å²) < 4.78 is 0. The van der Waals surface area contributed by atoms with Crippen molar-refractivity contribution in [3.05, 3.63) is 34.9 Å². The molecule has 0 spiro atoms. The molecule has 1 aliphatic heterocycles. The van der Waals surface area contributed by atoms with Crippen molar-refractivity contribution >= 4 is 11.6 Å². The second kappa shape index (κ2) is 6.05. The zero-order valence-electron chi connectivity index (χ0n) is 12.3. The fraction of sp³-hybridized carbons (Fsp3) is 0.647. The molecule has 1 saturated heterocycles. The van der Waals surface area contributed by atoms with Gasteiger partial charge in [-0.1, -0.05) is 30.2 Å². The molecule has 3 atom stereocenters. The minimum Gasteiger partial charge on any atom is -0.327 e. The Balaban J connectivity index is 1.70. The fourth-order valence-corrected chi connectivity index (χ4v) is 3.83. The maximum Gasteiger partial charge on any atom is 0.0406 e. The maximum absolute atomic E-state index is 6.31. The van der Waals surface area contributed by atoms with Crippen LogP contribution in [0.2, 0.25) is 5.02 Å². The van der Waals surface area contributed by atoms with E-state index in [9.17, 15) is 0 Å². The van der Waals surface area contributed by atoms with Gasteiger partial charge in [0.25, 0.3) is 0 Å². The van der Waals surface area contributed by atoms with E-state index >= 15 is 0 Å². The van der Waals surface area contributed by atoms with Crippen LogP contribution in [-0.2, 0) is 0 Å². The van der Waals surface area contributed by atoms with Crippen molar-refractivity contribution in [3.63, 3.8) is 0 Å². The number of nitrogens with two attached hydrogens (primary N) is 1. The third kappa shape index (κ3) is 3.03. The van der Waals surface area contributed by atoms with Crippen LogP contribution in [0.15, 0.2) is 24.3 Å². The lowest BCUT2D eigenvalue weighted by Gasteiger charge is -2.45. The van der Waals surface area contributed by atoms with Gasteiger partial charge in [0.15, 0.2) is 0 Å². The number of hydrogen-bond acceptors (Lipinski definition) is 2. The summed E-state index contributed by atoms with van der Waals surface area (Å²) in [5, 5.41) is 0.813. The Hall–Kier alpha value is -0.570. The minimum atomic E-state index is 0.298. The summed E-state index contributed by atoms with van der Waals surface area (Å²) in [6.07, 6.45) is 5.31. The van der Waals surface area contributed by atoms with E-state index in [4.69, 9.17) is 17.3 Å². The summed E-state index contributed by atoms with van der Waals surface area (Å²) in [6, 6.07) is 9.30. The highest BCUT2D eigenvalue weighted by molar-refractivity contribution is 6.30. The van der Waals surface area contributed by atoms with Gasteiger partial charge in [-0.2, -0.15) is 0 Å². The number of benzene rings is 1. The van der Waals surface area contributed by atoms with Crippen molar-refractivity contribution in [1.82, 2.24) is 4.90 Å². The van der Waals surface area contributed by atoms with E-state index in [-0.39, 0.29) is 0 Å². The van der Waals surface area contributed by atoms with E-state index < -0.39 is 0 Å². The van der Waals surface area contributed by atoms with Gasteiger partial charge in [-0.3, -0.25) is 4.90 Å². The van der Waals surface area contributed by atoms with Crippen molar-refractivity contribution in [2.75, 3.05) is 13.1 Å². The van der Waals surface area contributed by atoms with Crippen molar-refractivity contribution in [1.29, 1.82) is 0 Å². The van der Waals surface area contributed by atoms with Crippen molar-refractivity contribution in [2.45, 2.75) is 50.6 Å². The molecule has 2 aliphatic rings. The van der Waals surface area contributed by atoms with E-state index in [0.717, 1.165) is 30.5 Å². The molecule has 2 fully saturated rings. The molecule has 0 bridgehead atoms. The quantitative estimate of drug-likeness (QED) is 0.921. The Morgan fingerprint density at radius 3 is 2.50 bits per heavy atom. The Morgan fingerprint density at radius 2 is 1.90 bits per heavy atom. The molecular formula is C17H25ClN2. The third-order valence-electron chi connectivity index (χ3n) is 5.26. The standard InChI is InChI=1S/C17H25ClN2/c1-12(13-3-2-4-13)20-10-15(9-17(19)11-20)14-5-7-16(18)8-6-14/h5-8,12-13,15,17H,2-4,9-11,19H2,1H3. The molecule has 110 valence electrons. The lowest BCUT2D eigenvalue weighted by atomic mass is 9.78. The fourth-order valence-electron chi connectivity index (χ4n) is 3.70. The molecule has 3 unspecified atom stereocenters. The van der Waals surface area contributed by atoms with Crippen LogP contribution in [-0.4, -0.2) is 30.1 Å². The number of piperidine rings is 1. The summed E-state index contributed by atoms with van der Waals surface area (Å²) in [5.74, 6) is 1.45. The molecule has 3 heteroatoms. The predicted molar refractivity (Wildman–Crippen MR) is 85.2 cm³/mol. The van der Waals surface area contributed by atoms with Gasteiger partial charge in [0.2, 0.25) is 0 Å². The highest BCUT2D eigenvalue weighted by atomic mass is 35.5. The first-order valence-electron chi connectivity index (χ1n) is 7.88. The van der Waals surface area contributed by atoms with Gasteiger partial charge in [-0.15, -0.1) is 0 Å². The lowest BCUT2D eigenvalue weighted by Crippen LogP contribution is -2.52. The van der Waals surface area contributed by atoms with Crippen LogP contribution in [0.3, 0.4) is 0 Å². The molecule has 1 saturated carbocycles. The molecule has 0 aromatic heterocycles. The number of rotatable bonds is 3. The molecule has 0 amide bonds. The molecule has 0 radical (unpaired) electrons. The van der Waals surface area contributed by atoms with Gasteiger partial charge in [0.05, 0.1) is 0 Å². The van der Waals surface area contributed by atoms with Crippen molar-refractivity contribution in [2.24, 2.45) is 11.7 Å². The van der Waals surface area contributed by atoms with Crippen LogP contribution < -0.4 is 5.73 Å². The monoisotopic (exact) mass is 292 g/mol. The Kier molecular flexibility index (Phi) is 4.34. The molecule has 1 heterocycles. The van der Waals surface area contributed by atoms with Gasteiger partial charge in [-0.25, -0.2) is 0 Å². The molecular weight excluding hydrogens is 268 g/mol. The highest BCUT2D eigenvalue weighted by Gasteiger charge is 2.34. The van der Waals surface area contributed by atoms with Crippen LogP contribution in [0.25, 0.3) is 0 Å². The first-order chi connectivity index (χ1) is 9.63. The van der Waals surface area contributed by atoms with E-state index in [1.807, 2.05) is 12.1 Å². The molecule has 1 aromatic rings. The van der Waals surface area contributed by atoms with Gasteiger partial charge in [-0.05, 0) is 55.7 Å².